The van der Waals surface area contributed by atoms with Gasteiger partial charge in [0.05, 0.1) is 11.0 Å². The Labute approximate surface area is 99.7 Å². The highest BCUT2D eigenvalue weighted by atomic mass is 32.2. The normalized spacial score (nSPS) is 22.3. The number of sulfone groups is 1. The van der Waals surface area contributed by atoms with Crippen molar-refractivity contribution in [3.8, 4) is 0 Å². The number of rotatable bonds is 4. The SMILES string of the molecule is NNc1cc(NCC2CCCS2(=O)=O)ncn1. The highest BCUT2D eigenvalue weighted by Gasteiger charge is 2.30. The molecule has 1 unspecified atom stereocenters. The first-order valence-corrected chi connectivity index (χ1v) is 7.07. The summed E-state index contributed by atoms with van der Waals surface area (Å²) >= 11 is 0. The Morgan fingerprint density at radius 1 is 1.41 bits per heavy atom. The fourth-order valence-corrected chi connectivity index (χ4v) is 3.60. The summed E-state index contributed by atoms with van der Waals surface area (Å²) in [6.45, 7) is 0.378. The Kier molecular flexibility index (Phi) is 3.43. The van der Waals surface area contributed by atoms with Gasteiger partial charge in [-0.05, 0) is 12.8 Å². The lowest BCUT2D eigenvalue weighted by Gasteiger charge is -2.11. The van der Waals surface area contributed by atoms with Gasteiger partial charge in [0.25, 0.3) is 0 Å². The third-order valence-corrected chi connectivity index (χ3v) is 5.06. The van der Waals surface area contributed by atoms with Gasteiger partial charge < -0.3 is 10.7 Å². The second-order valence-electron chi connectivity index (χ2n) is 3.94. The average molecular weight is 257 g/mol. The smallest absolute Gasteiger partial charge is 0.154 e. The second-order valence-corrected chi connectivity index (χ2v) is 6.35. The van der Waals surface area contributed by atoms with Crippen LogP contribution >= 0.6 is 0 Å². The first-order chi connectivity index (χ1) is 8.12. The van der Waals surface area contributed by atoms with Crippen LogP contribution in [-0.4, -0.2) is 35.9 Å². The van der Waals surface area contributed by atoms with Crippen LogP contribution in [0.3, 0.4) is 0 Å². The maximum absolute atomic E-state index is 11.6. The minimum absolute atomic E-state index is 0.290. The van der Waals surface area contributed by atoms with E-state index in [-0.39, 0.29) is 5.25 Å². The monoisotopic (exact) mass is 257 g/mol. The quantitative estimate of drug-likeness (QED) is 0.504. The first kappa shape index (κ1) is 12.1. The Hall–Kier alpha value is -1.41. The molecule has 1 aliphatic rings. The minimum atomic E-state index is -2.92. The van der Waals surface area contributed by atoms with Crippen molar-refractivity contribution in [2.75, 3.05) is 23.0 Å². The Morgan fingerprint density at radius 3 is 2.82 bits per heavy atom. The number of nitrogens with zero attached hydrogens (tertiary/aromatic N) is 2. The summed E-state index contributed by atoms with van der Waals surface area (Å²) in [7, 11) is -2.92. The van der Waals surface area contributed by atoms with Crippen LogP contribution in [0.1, 0.15) is 12.8 Å². The third kappa shape index (κ3) is 2.83. The predicted octanol–water partition coefficient (Wildman–Crippen LogP) is -0.249. The molecule has 1 aromatic heterocycles. The predicted molar refractivity (Wildman–Crippen MR) is 65.1 cm³/mol. The molecular weight excluding hydrogens is 242 g/mol. The lowest BCUT2D eigenvalue weighted by molar-refractivity contribution is 0.591. The zero-order valence-electron chi connectivity index (χ0n) is 9.26. The van der Waals surface area contributed by atoms with Crippen molar-refractivity contribution < 1.29 is 8.42 Å². The Balaban J connectivity index is 1.98. The Bertz CT molecular complexity index is 490. The van der Waals surface area contributed by atoms with E-state index in [2.05, 4.69) is 20.7 Å². The van der Waals surface area contributed by atoms with Crippen molar-refractivity contribution in [3.63, 3.8) is 0 Å². The van der Waals surface area contributed by atoms with Gasteiger partial charge in [-0.25, -0.2) is 24.2 Å². The molecule has 1 fully saturated rings. The van der Waals surface area contributed by atoms with E-state index in [0.717, 1.165) is 6.42 Å². The highest BCUT2D eigenvalue weighted by molar-refractivity contribution is 7.92. The molecule has 94 valence electrons. The summed E-state index contributed by atoms with van der Waals surface area (Å²) in [4.78, 5) is 7.84. The number of hydrogen-bond acceptors (Lipinski definition) is 7. The van der Waals surface area contributed by atoms with Gasteiger partial charge in [-0.15, -0.1) is 0 Å². The van der Waals surface area contributed by atoms with E-state index in [1.54, 1.807) is 6.07 Å². The number of hydrazine groups is 1. The fraction of sp³-hybridized carbons (Fsp3) is 0.556. The zero-order valence-corrected chi connectivity index (χ0v) is 10.1. The van der Waals surface area contributed by atoms with Crippen LogP contribution in [-0.2, 0) is 9.84 Å². The molecule has 7 nitrogen and oxygen atoms in total. The first-order valence-electron chi connectivity index (χ1n) is 5.36. The van der Waals surface area contributed by atoms with E-state index in [4.69, 9.17) is 5.84 Å². The number of anilines is 2. The highest BCUT2D eigenvalue weighted by Crippen LogP contribution is 2.20. The molecule has 0 aliphatic carbocycles. The molecule has 1 aliphatic heterocycles. The van der Waals surface area contributed by atoms with Gasteiger partial charge in [0.1, 0.15) is 18.0 Å². The van der Waals surface area contributed by atoms with E-state index in [1.165, 1.54) is 6.33 Å². The molecule has 1 saturated heterocycles. The van der Waals surface area contributed by atoms with Crippen molar-refractivity contribution in [1.29, 1.82) is 0 Å². The van der Waals surface area contributed by atoms with Crippen LogP contribution in [0.5, 0.6) is 0 Å². The number of nitrogens with one attached hydrogen (secondary N) is 2. The van der Waals surface area contributed by atoms with Gasteiger partial charge in [-0.3, -0.25) is 0 Å². The maximum atomic E-state index is 11.6. The molecule has 0 amide bonds. The van der Waals surface area contributed by atoms with Crippen molar-refractivity contribution in [1.82, 2.24) is 9.97 Å². The zero-order chi connectivity index (χ0) is 12.3. The largest absolute Gasteiger partial charge is 0.369 e. The molecule has 8 heteroatoms. The number of nitrogens with two attached hydrogens (primary N) is 1. The second kappa shape index (κ2) is 4.84. The van der Waals surface area contributed by atoms with Crippen molar-refractivity contribution in [2.45, 2.75) is 18.1 Å². The maximum Gasteiger partial charge on any atom is 0.154 e. The lowest BCUT2D eigenvalue weighted by Crippen LogP contribution is -2.25. The molecule has 1 aromatic rings. The molecule has 17 heavy (non-hydrogen) atoms. The van der Waals surface area contributed by atoms with E-state index >= 15 is 0 Å². The topological polar surface area (TPSA) is 110 Å². The van der Waals surface area contributed by atoms with Gasteiger partial charge in [0.15, 0.2) is 9.84 Å². The molecule has 0 bridgehead atoms. The summed E-state index contributed by atoms with van der Waals surface area (Å²) in [5.74, 6) is 6.55. The van der Waals surface area contributed by atoms with Gasteiger partial charge in [-0.1, -0.05) is 0 Å². The Morgan fingerprint density at radius 2 is 2.18 bits per heavy atom. The summed E-state index contributed by atoms with van der Waals surface area (Å²) in [6, 6.07) is 1.63. The number of nitrogen functional groups attached to an aromatic ring is 1. The third-order valence-electron chi connectivity index (χ3n) is 2.79. The van der Waals surface area contributed by atoms with E-state index in [1.807, 2.05) is 0 Å². The van der Waals surface area contributed by atoms with Gasteiger partial charge in [0, 0.05) is 12.6 Å². The van der Waals surface area contributed by atoms with Crippen LogP contribution < -0.4 is 16.6 Å². The lowest BCUT2D eigenvalue weighted by atomic mass is 10.2. The molecule has 2 rings (SSSR count). The number of aromatic nitrogens is 2. The fourth-order valence-electron chi connectivity index (χ4n) is 1.84. The summed E-state index contributed by atoms with van der Waals surface area (Å²) in [5.41, 5.74) is 2.40. The van der Waals surface area contributed by atoms with Crippen LogP contribution in [0, 0.1) is 0 Å². The van der Waals surface area contributed by atoms with E-state index < -0.39 is 9.84 Å². The van der Waals surface area contributed by atoms with Crippen LogP contribution in [0.25, 0.3) is 0 Å². The standard InChI is InChI=1S/C9H15N5O2S/c10-14-9-4-8(12-6-13-9)11-5-7-2-1-3-17(7,15)16/h4,6-7H,1-3,5,10H2,(H2,11,12,13,14). The van der Waals surface area contributed by atoms with Crippen LogP contribution in [0.2, 0.25) is 0 Å². The summed E-state index contributed by atoms with van der Waals surface area (Å²) < 4.78 is 23.2. The summed E-state index contributed by atoms with van der Waals surface area (Å²) in [6.07, 6.45) is 2.82. The van der Waals surface area contributed by atoms with Crippen molar-refractivity contribution in [2.24, 2.45) is 5.84 Å². The van der Waals surface area contributed by atoms with Gasteiger partial charge in [-0.2, -0.15) is 0 Å². The molecule has 0 saturated carbocycles. The molecule has 0 spiro atoms. The minimum Gasteiger partial charge on any atom is -0.369 e. The average Bonchev–Trinajstić information content (AvgIpc) is 2.66. The molecule has 2 heterocycles. The van der Waals surface area contributed by atoms with Gasteiger partial charge >= 0.3 is 0 Å². The van der Waals surface area contributed by atoms with E-state index in [0.29, 0.717) is 30.4 Å². The molecule has 1 atom stereocenters. The molecular formula is C9H15N5O2S. The van der Waals surface area contributed by atoms with Crippen molar-refractivity contribution >= 4 is 21.5 Å². The van der Waals surface area contributed by atoms with Crippen molar-refractivity contribution in [3.05, 3.63) is 12.4 Å². The molecule has 4 N–H and O–H groups in total. The summed E-state index contributed by atoms with van der Waals surface area (Å²) in [5, 5.41) is 2.68. The van der Waals surface area contributed by atoms with E-state index in [9.17, 15) is 8.42 Å². The molecule has 0 aromatic carbocycles. The van der Waals surface area contributed by atoms with Gasteiger partial charge in [0.2, 0.25) is 0 Å². The van der Waals surface area contributed by atoms with Crippen LogP contribution in [0.15, 0.2) is 12.4 Å². The molecule has 0 radical (unpaired) electrons. The van der Waals surface area contributed by atoms with Crippen LogP contribution in [0.4, 0.5) is 11.6 Å². The number of hydrogen-bond donors (Lipinski definition) is 3.